The van der Waals surface area contributed by atoms with E-state index >= 15 is 0 Å². The predicted octanol–water partition coefficient (Wildman–Crippen LogP) is 3.60. The second kappa shape index (κ2) is 10.0. The van der Waals surface area contributed by atoms with Gasteiger partial charge < -0.3 is 19.3 Å². The highest BCUT2D eigenvalue weighted by molar-refractivity contribution is 5.73. The second-order valence-corrected chi connectivity index (χ2v) is 9.25. The zero-order valence-electron chi connectivity index (χ0n) is 19.1. The lowest BCUT2D eigenvalue weighted by Gasteiger charge is -2.21. The number of hydrogen-bond donors (Lipinski definition) is 1. The van der Waals surface area contributed by atoms with Gasteiger partial charge in [0.15, 0.2) is 11.5 Å². The van der Waals surface area contributed by atoms with Crippen LogP contribution in [0.1, 0.15) is 47.9 Å². The van der Waals surface area contributed by atoms with Crippen LogP contribution in [0.3, 0.4) is 0 Å². The first-order chi connectivity index (χ1) is 16.1. The number of rotatable bonds is 8. The van der Waals surface area contributed by atoms with E-state index in [9.17, 15) is 9.90 Å². The lowest BCUT2D eigenvalue weighted by atomic mass is 10.0. The van der Waals surface area contributed by atoms with Gasteiger partial charge in [0.05, 0.1) is 6.42 Å². The third-order valence-corrected chi connectivity index (χ3v) is 6.70. The molecule has 0 saturated carbocycles. The molecule has 0 amide bonds. The highest BCUT2D eigenvalue weighted by Gasteiger charge is 2.20. The van der Waals surface area contributed by atoms with E-state index in [2.05, 4.69) is 9.80 Å². The fourth-order valence-corrected chi connectivity index (χ4v) is 4.95. The number of phenols is 1. The molecule has 0 aromatic heterocycles. The normalized spacial score (nSPS) is 18.2. The monoisotopic (exact) mass is 452 g/mol. The van der Waals surface area contributed by atoms with E-state index in [4.69, 9.17) is 14.2 Å². The van der Waals surface area contributed by atoms with Crippen LogP contribution in [0.2, 0.25) is 0 Å². The van der Waals surface area contributed by atoms with Gasteiger partial charge >= 0.3 is 5.97 Å². The Bertz CT molecular complexity index is 957. The maximum absolute atomic E-state index is 12.7. The molecule has 33 heavy (non-hydrogen) atoms. The molecule has 176 valence electrons. The van der Waals surface area contributed by atoms with Gasteiger partial charge in [0.2, 0.25) is 6.79 Å². The molecule has 0 atom stereocenters. The third kappa shape index (κ3) is 5.42. The molecule has 0 radical (unpaired) electrons. The molecule has 7 heteroatoms. The van der Waals surface area contributed by atoms with Crippen molar-refractivity contribution < 1.29 is 24.1 Å². The van der Waals surface area contributed by atoms with Crippen LogP contribution in [-0.2, 0) is 35.6 Å². The van der Waals surface area contributed by atoms with Crippen molar-refractivity contribution in [1.29, 1.82) is 0 Å². The van der Waals surface area contributed by atoms with Crippen LogP contribution in [0, 0.1) is 0 Å². The van der Waals surface area contributed by atoms with Gasteiger partial charge in [-0.1, -0.05) is 18.2 Å². The quantitative estimate of drug-likeness (QED) is 0.614. The fraction of sp³-hybridized carbons (Fsp3) is 0.500. The summed E-state index contributed by atoms with van der Waals surface area (Å²) in [6.07, 6.45) is 4.99. The summed E-state index contributed by atoms with van der Waals surface area (Å²) in [4.78, 5) is 17.4. The van der Waals surface area contributed by atoms with Crippen LogP contribution in [-0.4, -0.2) is 53.8 Å². The highest BCUT2D eigenvalue weighted by Crippen LogP contribution is 2.33. The molecule has 0 bridgehead atoms. The number of fused-ring (bicyclic) bond motifs is 1. The van der Waals surface area contributed by atoms with E-state index in [1.54, 1.807) is 0 Å². The van der Waals surface area contributed by atoms with Gasteiger partial charge in [-0.2, -0.15) is 0 Å². The first-order valence-electron chi connectivity index (χ1n) is 12.0. The van der Waals surface area contributed by atoms with E-state index < -0.39 is 0 Å². The van der Waals surface area contributed by atoms with E-state index in [0.29, 0.717) is 17.2 Å². The van der Waals surface area contributed by atoms with Crippen molar-refractivity contribution >= 4 is 5.97 Å². The fourth-order valence-electron chi connectivity index (χ4n) is 4.95. The SMILES string of the molecule is O=C(Cc1cc(CN2CCCC2)c(O)c(CN2CCCC2)c1)OCc1ccc2c(c1)OCO2. The summed E-state index contributed by atoms with van der Waals surface area (Å²) in [5.41, 5.74) is 3.58. The minimum absolute atomic E-state index is 0.185. The van der Waals surface area contributed by atoms with Crippen molar-refractivity contribution in [3.8, 4) is 17.2 Å². The Kier molecular flexibility index (Phi) is 6.69. The Labute approximate surface area is 194 Å². The lowest BCUT2D eigenvalue weighted by molar-refractivity contribution is -0.144. The van der Waals surface area contributed by atoms with Crippen LogP contribution in [0.5, 0.6) is 17.2 Å². The Balaban J connectivity index is 1.27. The van der Waals surface area contributed by atoms with Crippen molar-refractivity contribution in [2.75, 3.05) is 33.0 Å². The summed E-state index contributed by atoms with van der Waals surface area (Å²) in [5.74, 6) is 1.49. The molecule has 2 saturated heterocycles. The number of ether oxygens (including phenoxy) is 3. The summed E-state index contributed by atoms with van der Waals surface area (Å²) in [6, 6.07) is 9.51. The van der Waals surface area contributed by atoms with E-state index in [1.807, 2.05) is 30.3 Å². The van der Waals surface area contributed by atoms with Crippen molar-refractivity contribution in [2.24, 2.45) is 0 Å². The van der Waals surface area contributed by atoms with Gasteiger partial charge in [0, 0.05) is 24.2 Å². The van der Waals surface area contributed by atoms with E-state index in [0.717, 1.165) is 61.5 Å². The number of phenolic OH excluding ortho intramolecular Hbond substituents is 1. The van der Waals surface area contributed by atoms with Crippen LogP contribution in [0.25, 0.3) is 0 Å². The molecule has 2 aromatic rings. The number of benzene rings is 2. The molecule has 2 aromatic carbocycles. The Morgan fingerprint density at radius 1 is 0.848 bits per heavy atom. The van der Waals surface area contributed by atoms with E-state index in [-0.39, 0.29) is 25.8 Å². The Morgan fingerprint density at radius 3 is 2.09 bits per heavy atom. The Hall–Kier alpha value is -2.77. The molecule has 2 fully saturated rings. The lowest BCUT2D eigenvalue weighted by Crippen LogP contribution is -2.21. The van der Waals surface area contributed by atoms with Gasteiger partial charge in [-0.25, -0.2) is 0 Å². The molecule has 3 heterocycles. The number of aromatic hydroxyl groups is 1. The second-order valence-electron chi connectivity index (χ2n) is 9.25. The average Bonchev–Trinajstić information content (AvgIpc) is 3.58. The standard InChI is InChI=1S/C26H32N2O5/c29-25(31-17-19-5-6-23-24(13-19)33-18-32-23)14-20-11-21(15-27-7-1-2-8-27)26(30)22(12-20)16-28-9-3-4-10-28/h5-6,11-13,30H,1-4,7-10,14-18H2. The number of nitrogens with zero attached hydrogens (tertiary/aromatic N) is 2. The minimum Gasteiger partial charge on any atom is -0.507 e. The molecule has 1 N–H and O–H groups in total. The summed E-state index contributed by atoms with van der Waals surface area (Å²) in [6.45, 7) is 6.09. The number of carbonyl (C=O) groups is 1. The predicted molar refractivity (Wildman–Crippen MR) is 123 cm³/mol. The number of hydrogen-bond acceptors (Lipinski definition) is 7. The first-order valence-corrected chi connectivity index (χ1v) is 12.0. The van der Waals surface area contributed by atoms with Crippen molar-refractivity contribution in [2.45, 2.75) is 51.8 Å². The Morgan fingerprint density at radius 2 is 1.45 bits per heavy atom. The van der Waals surface area contributed by atoms with Crippen LogP contribution in [0.15, 0.2) is 30.3 Å². The van der Waals surface area contributed by atoms with Gasteiger partial charge in [0.25, 0.3) is 0 Å². The molecule has 3 aliphatic heterocycles. The summed E-state index contributed by atoms with van der Waals surface area (Å²) in [5, 5.41) is 11.0. The van der Waals surface area contributed by atoms with Crippen LogP contribution in [0.4, 0.5) is 0 Å². The maximum Gasteiger partial charge on any atom is 0.310 e. The van der Waals surface area contributed by atoms with Gasteiger partial charge in [0.1, 0.15) is 12.4 Å². The van der Waals surface area contributed by atoms with Crippen molar-refractivity contribution in [3.63, 3.8) is 0 Å². The van der Waals surface area contributed by atoms with E-state index in [1.165, 1.54) is 25.7 Å². The summed E-state index contributed by atoms with van der Waals surface area (Å²) in [7, 11) is 0. The topological polar surface area (TPSA) is 71.5 Å². The first kappa shape index (κ1) is 22.0. The minimum atomic E-state index is -0.280. The zero-order valence-corrected chi connectivity index (χ0v) is 19.1. The molecule has 7 nitrogen and oxygen atoms in total. The zero-order chi connectivity index (χ0) is 22.6. The van der Waals surface area contributed by atoms with Crippen molar-refractivity contribution in [3.05, 3.63) is 52.6 Å². The van der Waals surface area contributed by atoms with Gasteiger partial charge in [-0.05, 0) is 75.1 Å². The smallest absolute Gasteiger partial charge is 0.310 e. The highest BCUT2D eigenvalue weighted by atomic mass is 16.7. The molecule has 3 aliphatic rings. The van der Waals surface area contributed by atoms with Gasteiger partial charge in [-0.3, -0.25) is 14.6 Å². The molecule has 5 rings (SSSR count). The number of esters is 1. The maximum atomic E-state index is 12.7. The molecule has 0 aliphatic carbocycles. The van der Waals surface area contributed by atoms with Gasteiger partial charge in [-0.15, -0.1) is 0 Å². The van der Waals surface area contributed by atoms with Crippen LogP contribution < -0.4 is 9.47 Å². The molecule has 0 unspecified atom stereocenters. The number of likely N-dealkylation sites (tertiary alicyclic amines) is 2. The molecule has 0 spiro atoms. The molecular weight excluding hydrogens is 420 g/mol. The number of carbonyl (C=O) groups excluding carboxylic acids is 1. The largest absolute Gasteiger partial charge is 0.507 e. The van der Waals surface area contributed by atoms with Crippen LogP contribution >= 0.6 is 0 Å². The summed E-state index contributed by atoms with van der Waals surface area (Å²) >= 11 is 0. The third-order valence-electron chi connectivity index (χ3n) is 6.70. The molecular formula is C26H32N2O5. The average molecular weight is 453 g/mol. The van der Waals surface area contributed by atoms with Crippen molar-refractivity contribution in [1.82, 2.24) is 9.80 Å². The summed E-state index contributed by atoms with van der Waals surface area (Å²) < 4.78 is 16.3.